The zero-order valence-corrected chi connectivity index (χ0v) is 18.5. The van der Waals surface area contributed by atoms with E-state index in [2.05, 4.69) is 9.93 Å². The van der Waals surface area contributed by atoms with Crippen molar-refractivity contribution in [3.63, 3.8) is 0 Å². The van der Waals surface area contributed by atoms with E-state index in [1.54, 1.807) is 19.1 Å². The van der Waals surface area contributed by atoms with Gasteiger partial charge in [-0.05, 0) is 35.6 Å². The molecule has 0 aliphatic carbocycles. The number of methoxy groups -OCH3 is 2. The second-order valence-corrected chi connectivity index (χ2v) is 9.25. The van der Waals surface area contributed by atoms with Gasteiger partial charge in [-0.3, -0.25) is 10.1 Å². The molecule has 30 heavy (non-hydrogen) atoms. The maximum absolute atomic E-state index is 12.7. The summed E-state index contributed by atoms with van der Waals surface area (Å²) in [5.41, 5.74) is 1.16. The van der Waals surface area contributed by atoms with Crippen molar-refractivity contribution in [2.75, 3.05) is 14.2 Å². The largest absolute Gasteiger partial charge is 0.493 e. The molecule has 0 aliphatic rings. The predicted molar refractivity (Wildman–Crippen MR) is 114 cm³/mol. The molecule has 0 amide bonds. The molecule has 10 heteroatoms. The van der Waals surface area contributed by atoms with Gasteiger partial charge in [-0.25, -0.2) is 4.83 Å². The molecule has 0 aromatic heterocycles. The average molecular weight is 436 g/mol. The van der Waals surface area contributed by atoms with Gasteiger partial charge in [0.15, 0.2) is 5.75 Å². The highest BCUT2D eigenvalue weighted by molar-refractivity contribution is 7.89. The van der Waals surface area contributed by atoms with Gasteiger partial charge >= 0.3 is 5.69 Å². The third kappa shape index (κ3) is 5.07. The van der Waals surface area contributed by atoms with Crippen molar-refractivity contribution in [1.29, 1.82) is 0 Å². The lowest BCUT2D eigenvalue weighted by atomic mass is 9.87. The number of nitrogens with zero attached hydrogens (tertiary/aromatic N) is 2. The van der Waals surface area contributed by atoms with Crippen LogP contribution in [0.2, 0.25) is 0 Å². The van der Waals surface area contributed by atoms with Crippen LogP contribution in [0.15, 0.2) is 40.3 Å². The molecule has 9 nitrogen and oxygen atoms in total. The van der Waals surface area contributed by atoms with Crippen LogP contribution in [0, 0.1) is 17.0 Å². The molecule has 0 saturated carbocycles. The summed E-state index contributed by atoms with van der Waals surface area (Å²) < 4.78 is 35.6. The molecule has 0 radical (unpaired) electrons. The number of nitrogens with one attached hydrogen (secondary N) is 1. The Labute approximate surface area is 175 Å². The molecular weight excluding hydrogens is 410 g/mol. The number of nitro benzene ring substituents is 1. The number of hydrazone groups is 1. The summed E-state index contributed by atoms with van der Waals surface area (Å²) in [6.07, 6.45) is 1.16. The Bertz CT molecular complexity index is 1090. The van der Waals surface area contributed by atoms with Gasteiger partial charge in [0.1, 0.15) is 0 Å². The van der Waals surface area contributed by atoms with E-state index in [4.69, 9.17) is 9.47 Å². The van der Waals surface area contributed by atoms with Gasteiger partial charge in [-0.15, -0.1) is 0 Å². The summed E-state index contributed by atoms with van der Waals surface area (Å²) in [7, 11) is -1.30. The molecular formula is C20H25N3O6S. The third-order valence-corrected chi connectivity index (χ3v) is 5.77. The molecule has 0 unspecified atom stereocenters. The summed E-state index contributed by atoms with van der Waals surface area (Å²) in [6, 6.07) is 7.92. The maximum atomic E-state index is 12.7. The number of hydrogen-bond donors (Lipinski definition) is 1. The Morgan fingerprint density at radius 3 is 2.33 bits per heavy atom. The first kappa shape index (κ1) is 23.1. The maximum Gasteiger partial charge on any atom is 0.315 e. The van der Waals surface area contributed by atoms with E-state index in [1.807, 2.05) is 26.8 Å². The highest BCUT2D eigenvalue weighted by Gasteiger charge is 2.22. The lowest BCUT2D eigenvalue weighted by Gasteiger charge is -2.20. The Hall–Kier alpha value is -3.14. The van der Waals surface area contributed by atoms with E-state index in [-0.39, 0.29) is 33.1 Å². The number of ether oxygens (including phenoxy) is 2. The standard InChI is InChI=1S/C20H25N3O6S/c1-13-7-8-15(20(2,3)4)11-18(13)30(26,27)22-21-12-14-9-16(23(24)25)19(29-6)17(10-14)28-5/h7-12,22H,1-6H3/b21-12+. The Kier molecular flexibility index (Phi) is 6.71. The predicted octanol–water partition coefficient (Wildman–Crippen LogP) is 3.53. The monoisotopic (exact) mass is 435 g/mol. The van der Waals surface area contributed by atoms with Gasteiger partial charge < -0.3 is 9.47 Å². The van der Waals surface area contributed by atoms with Crippen LogP contribution in [0.4, 0.5) is 5.69 Å². The number of sulfonamides is 1. The molecule has 0 atom stereocenters. The molecule has 162 valence electrons. The topological polar surface area (TPSA) is 120 Å². The second-order valence-electron chi connectivity index (χ2n) is 7.62. The Morgan fingerprint density at radius 2 is 1.80 bits per heavy atom. The molecule has 0 bridgehead atoms. The van der Waals surface area contributed by atoms with Crippen LogP contribution in [0.5, 0.6) is 11.5 Å². The fourth-order valence-corrected chi connectivity index (χ4v) is 3.81. The number of benzene rings is 2. The molecule has 0 spiro atoms. The van der Waals surface area contributed by atoms with Gasteiger partial charge in [0.05, 0.1) is 30.3 Å². The van der Waals surface area contributed by atoms with E-state index in [0.29, 0.717) is 5.56 Å². The lowest BCUT2D eigenvalue weighted by molar-refractivity contribution is -0.385. The summed E-state index contributed by atoms with van der Waals surface area (Å²) in [5.74, 6) is 0.0968. The first-order valence-corrected chi connectivity index (χ1v) is 10.5. The Morgan fingerprint density at radius 1 is 1.13 bits per heavy atom. The minimum atomic E-state index is -3.94. The summed E-state index contributed by atoms with van der Waals surface area (Å²) >= 11 is 0. The molecule has 0 saturated heterocycles. The fraction of sp³-hybridized carbons (Fsp3) is 0.350. The molecule has 2 aromatic carbocycles. The van der Waals surface area contributed by atoms with Crippen LogP contribution in [0.25, 0.3) is 0 Å². The van der Waals surface area contributed by atoms with Crippen LogP contribution in [-0.2, 0) is 15.4 Å². The van der Waals surface area contributed by atoms with Gasteiger partial charge in [0, 0.05) is 11.6 Å². The summed E-state index contributed by atoms with van der Waals surface area (Å²) in [6.45, 7) is 7.67. The molecule has 0 aliphatic heterocycles. The van der Waals surface area contributed by atoms with Crippen LogP contribution >= 0.6 is 0 Å². The zero-order chi connectivity index (χ0) is 22.7. The van der Waals surface area contributed by atoms with Crippen molar-refractivity contribution in [2.45, 2.75) is 38.0 Å². The van der Waals surface area contributed by atoms with E-state index >= 15 is 0 Å². The van der Waals surface area contributed by atoms with Crippen LogP contribution in [0.1, 0.15) is 37.5 Å². The van der Waals surface area contributed by atoms with E-state index in [1.165, 1.54) is 26.4 Å². The number of hydrogen-bond acceptors (Lipinski definition) is 7. The van der Waals surface area contributed by atoms with Crippen molar-refractivity contribution < 1.29 is 22.8 Å². The van der Waals surface area contributed by atoms with Gasteiger partial charge in [0.2, 0.25) is 5.75 Å². The van der Waals surface area contributed by atoms with Crippen molar-refractivity contribution >= 4 is 21.9 Å². The fourth-order valence-electron chi connectivity index (χ4n) is 2.75. The minimum Gasteiger partial charge on any atom is -0.493 e. The first-order chi connectivity index (χ1) is 13.9. The SMILES string of the molecule is COc1cc(/C=N/NS(=O)(=O)c2cc(C(C)(C)C)ccc2C)cc([N+](=O)[O-])c1OC. The van der Waals surface area contributed by atoms with Gasteiger partial charge in [0.25, 0.3) is 10.0 Å². The highest BCUT2D eigenvalue weighted by Crippen LogP contribution is 2.37. The minimum absolute atomic E-state index is 0.0325. The average Bonchev–Trinajstić information content (AvgIpc) is 2.66. The number of nitro groups is 1. The summed E-state index contributed by atoms with van der Waals surface area (Å²) in [4.78, 5) is 12.9. The lowest BCUT2D eigenvalue weighted by Crippen LogP contribution is -2.21. The molecule has 1 N–H and O–H groups in total. The molecule has 2 rings (SSSR count). The zero-order valence-electron chi connectivity index (χ0n) is 17.7. The molecule has 0 heterocycles. The Balaban J connectivity index is 2.37. The van der Waals surface area contributed by atoms with Crippen molar-refractivity contribution in [3.05, 3.63) is 57.1 Å². The number of rotatable bonds is 7. The second kappa shape index (κ2) is 8.70. The quantitative estimate of drug-likeness (QED) is 0.403. The molecule has 0 fully saturated rings. The van der Waals surface area contributed by atoms with Gasteiger partial charge in [-0.2, -0.15) is 13.5 Å². The van der Waals surface area contributed by atoms with Crippen LogP contribution < -0.4 is 14.3 Å². The number of aryl methyl sites for hydroxylation is 1. The smallest absolute Gasteiger partial charge is 0.315 e. The van der Waals surface area contributed by atoms with Crippen LogP contribution in [0.3, 0.4) is 0 Å². The van der Waals surface area contributed by atoms with E-state index in [9.17, 15) is 18.5 Å². The van der Waals surface area contributed by atoms with Crippen molar-refractivity contribution in [2.24, 2.45) is 5.10 Å². The first-order valence-electron chi connectivity index (χ1n) is 8.97. The van der Waals surface area contributed by atoms with Crippen LogP contribution in [-0.4, -0.2) is 33.8 Å². The highest BCUT2D eigenvalue weighted by atomic mass is 32.2. The van der Waals surface area contributed by atoms with E-state index < -0.39 is 14.9 Å². The summed E-state index contributed by atoms with van der Waals surface area (Å²) in [5, 5.41) is 15.1. The van der Waals surface area contributed by atoms with Crippen molar-refractivity contribution in [1.82, 2.24) is 4.83 Å². The normalized spacial score (nSPS) is 12.1. The third-order valence-electron chi connectivity index (χ3n) is 4.41. The van der Waals surface area contributed by atoms with Gasteiger partial charge in [-0.1, -0.05) is 32.9 Å². The van der Waals surface area contributed by atoms with Crippen molar-refractivity contribution in [3.8, 4) is 11.5 Å². The molecule has 2 aromatic rings. The van der Waals surface area contributed by atoms with E-state index in [0.717, 1.165) is 11.8 Å².